The third-order valence-electron chi connectivity index (χ3n) is 3.31. The Balaban J connectivity index is 2.45. The maximum atomic E-state index is 11.9. The molecular weight excluding hydrogens is 232 g/mol. The average Bonchev–Trinajstić information content (AvgIpc) is 2.58. The van der Waals surface area contributed by atoms with Crippen molar-refractivity contribution in [2.24, 2.45) is 5.92 Å². The highest BCUT2D eigenvalue weighted by Crippen LogP contribution is 2.44. The van der Waals surface area contributed by atoms with Crippen molar-refractivity contribution in [3.8, 4) is 0 Å². The Kier molecular flexibility index (Phi) is 3.11. The van der Waals surface area contributed by atoms with Crippen molar-refractivity contribution in [3.63, 3.8) is 0 Å². The molecule has 96 valence electrons. The Morgan fingerprint density at radius 3 is 2.44 bits per heavy atom. The van der Waals surface area contributed by atoms with Crippen molar-refractivity contribution in [1.29, 1.82) is 0 Å². The Bertz CT molecular complexity index is 464. The highest BCUT2D eigenvalue weighted by Gasteiger charge is 2.54. The van der Waals surface area contributed by atoms with Crippen molar-refractivity contribution >= 4 is 11.9 Å². The fraction of sp³-hybridized carbons (Fsp3) is 0.429. The average molecular weight is 248 g/mol. The van der Waals surface area contributed by atoms with Gasteiger partial charge < -0.3 is 9.47 Å². The first kappa shape index (κ1) is 12.6. The van der Waals surface area contributed by atoms with Crippen LogP contribution in [0.15, 0.2) is 30.3 Å². The van der Waals surface area contributed by atoms with Gasteiger partial charge in [0.1, 0.15) is 5.60 Å². The van der Waals surface area contributed by atoms with Gasteiger partial charge in [0.05, 0.1) is 7.11 Å². The highest BCUT2D eigenvalue weighted by atomic mass is 16.6. The maximum Gasteiger partial charge on any atom is 0.321 e. The number of benzene rings is 1. The number of hydrogen-bond acceptors (Lipinski definition) is 4. The van der Waals surface area contributed by atoms with E-state index >= 15 is 0 Å². The van der Waals surface area contributed by atoms with E-state index in [0.717, 1.165) is 5.56 Å². The molecule has 0 aliphatic carbocycles. The molecule has 0 N–H and O–H groups in total. The van der Waals surface area contributed by atoms with Crippen LogP contribution >= 0.6 is 0 Å². The summed E-state index contributed by atoms with van der Waals surface area (Å²) in [6.45, 7) is 3.62. The standard InChI is InChI=1S/C14H16O4/c1-14(2)11(9-7-5-4-6-8-9)10(12(15)17-3)13(16)18-14/h4-8,10-11H,1-3H3/t10-,11-/m1/s1. The number of hydrogen-bond donors (Lipinski definition) is 0. The Labute approximate surface area is 106 Å². The number of ether oxygens (including phenoxy) is 2. The summed E-state index contributed by atoms with van der Waals surface area (Å²) in [5.74, 6) is -2.26. The molecule has 1 aromatic carbocycles. The minimum atomic E-state index is -0.882. The van der Waals surface area contributed by atoms with Gasteiger partial charge in [-0.2, -0.15) is 0 Å². The quantitative estimate of drug-likeness (QED) is 0.592. The van der Waals surface area contributed by atoms with Crippen LogP contribution in [0, 0.1) is 5.92 Å². The van der Waals surface area contributed by atoms with Crippen molar-refractivity contribution in [2.75, 3.05) is 7.11 Å². The molecule has 2 rings (SSSR count). The van der Waals surface area contributed by atoms with E-state index in [0.29, 0.717) is 0 Å². The van der Waals surface area contributed by atoms with Crippen LogP contribution in [0.25, 0.3) is 0 Å². The minimum absolute atomic E-state index is 0.321. The molecule has 1 aliphatic rings. The molecule has 0 bridgehead atoms. The molecule has 1 aromatic rings. The van der Waals surface area contributed by atoms with E-state index in [1.54, 1.807) is 0 Å². The number of cyclic esters (lactones) is 1. The molecule has 4 heteroatoms. The molecule has 0 radical (unpaired) electrons. The number of rotatable bonds is 2. The zero-order valence-electron chi connectivity index (χ0n) is 10.7. The van der Waals surface area contributed by atoms with Crippen molar-refractivity contribution in [3.05, 3.63) is 35.9 Å². The van der Waals surface area contributed by atoms with Gasteiger partial charge >= 0.3 is 11.9 Å². The van der Waals surface area contributed by atoms with Crippen LogP contribution in [-0.4, -0.2) is 24.6 Å². The fourth-order valence-electron chi connectivity index (χ4n) is 2.54. The molecule has 0 spiro atoms. The summed E-state index contributed by atoms with van der Waals surface area (Å²) in [7, 11) is 1.28. The van der Waals surface area contributed by atoms with Gasteiger partial charge in [0.15, 0.2) is 5.92 Å². The zero-order chi connectivity index (χ0) is 13.3. The molecule has 0 amide bonds. The maximum absolute atomic E-state index is 11.9. The summed E-state index contributed by atoms with van der Waals surface area (Å²) in [4.78, 5) is 23.6. The largest absolute Gasteiger partial charge is 0.468 e. The topological polar surface area (TPSA) is 52.6 Å². The molecule has 1 fully saturated rings. The molecular formula is C14H16O4. The van der Waals surface area contributed by atoms with Crippen LogP contribution in [0.1, 0.15) is 25.3 Å². The highest BCUT2D eigenvalue weighted by molar-refractivity contribution is 5.98. The lowest BCUT2D eigenvalue weighted by Crippen LogP contribution is -2.31. The van der Waals surface area contributed by atoms with Gasteiger partial charge in [-0.3, -0.25) is 9.59 Å². The molecule has 2 atom stereocenters. The van der Waals surface area contributed by atoms with Crippen LogP contribution in [-0.2, 0) is 19.1 Å². The van der Waals surface area contributed by atoms with Crippen LogP contribution in [0.3, 0.4) is 0 Å². The van der Waals surface area contributed by atoms with Crippen molar-refractivity contribution < 1.29 is 19.1 Å². The van der Waals surface area contributed by atoms with Gasteiger partial charge in [-0.1, -0.05) is 30.3 Å². The Hall–Kier alpha value is -1.84. The minimum Gasteiger partial charge on any atom is -0.468 e. The van der Waals surface area contributed by atoms with E-state index in [4.69, 9.17) is 9.47 Å². The van der Waals surface area contributed by atoms with E-state index in [1.807, 2.05) is 44.2 Å². The van der Waals surface area contributed by atoms with Gasteiger partial charge in [-0.25, -0.2) is 0 Å². The molecule has 0 unspecified atom stereocenters. The predicted molar refractivity (Wildman–Crippen MR) is 64.9 cm³/mol. The lowest BCUT2D eigenvalue weighted by atomic mass is 9.78. The third-order valence-corrected chi connectivity index (χ3v) is 3.31. The van der Waals surface area contributed by atoms with E-state index in [-0.39, 0.29) is 5.92 Å². The SMILES string of the molecule is COC(=O)[C@@H]1C(=O)OC(C)(C)[C@@H]1c1ccccc1. The summed E-state index contributed by atoms with van der Waals surface area (Å²) in [6.07, 6.45) is 0. The second kappa shape index (κ2) is 4.44. The summed E-state index contributed by atoms with van der Waals surface area (Å²) in [5, 5.41) is 0. The zero-order valence-corrected chi connectivity index (χ0v) is 10.7. The molecule has 1 saturated heterocycles. The normalized spacial score (nSPS) is 25.6. The second-order valence-electron chi connectivity index (χ2n) is 4.91. The molecule has 0 aromatic heterocycles. The number of esters is 2. The van der Waals surface area contributed by atoms with Crippen LogP contribution < -0.4 is 0 Å². The van der Waals surface area contributed by atoms with Crippen molar-refractivity contribution in [1.82, 2.24) is 0 Å². The van der Waals surface area contributed by atoms with E-state index in [2.05, 4.69) is 0 Å². The second-order valence-corrected chi connectivity index (χ2v) is 4.91. The van der Waals surface area contributed by atoms with Crippen LogP contribution in [0.5, 0.6) is 0 Å². The smallest absolute Gasteiger partial charge is 0.321 e. The molecule has 18 heavy (non-hydrogen) atoms. The first-order valence-electron chi connectivity index (χ1n) is 5.83. The molecule has 1 aliphatic heterocycles. The van der Waals surface area contributed by atoms with E-state index in [9.17, 15) is 9.59 Å². The lowest BCUT2D eigenvalue weighted by Gasteiger charge is -2.26. The van der Waals surface area contributed by atoms with Crippen LogP contribution in [0.2, 0.25) is 0 Å². The Morgan fingerprint density at radius 2 is 1.89 bits per heavy atom. The van der Waals surface area contributed by atoms with E-state index < -0.39 is 23.5 Å². The van der Waals surface area contributed by atoms with Gasteiger partial charge in [0, 0.05) is 5.92 Å². The summed E-state index contributed by atoms with van der Waals surface area (Å²) < 4.78 is 10.0. The van der Waals surface area contributed by atoms with Gasteiger partial charge in [0.2, 0.25) is 0 Å². The third kappa shape index (κ3) is 1.98. The molecule has 0 saturated carbocycles. The summed E-state index contributed by atoms with van der Waals surface area (Å²) >= 11 is 0. The van der Waals surface area contributed by atoms with Gasteiger partial charge in [0.25, 0.3) is 0 Å². The van der Waals surface area contributed by atoms with Gasteiger partial charge in [-0.15, -0.1) is 0 Å². The van der Waals surface area contributed by atoms with E-state index in [1.165, 1.54) is 7.11 Å². The number of carbonyl (C=O) groups excluding carboxylic acids is 2. The molecule has 1 heterocycles. The number of carbonyl (C=O) groups is 2. The van der Waals surface area contributed by atoms with Gasteiger partial charge in [-0.05, 0) is 19.4 Å². The van der Waals surface area contributed by atoms with Crippen molar-refractivity contribution in [2.45, 2.75) is 25.4 Å². The predicted octanol–water partition coefficient (Wildman–Crippen LogP) is 1.89. The monoisotopic (exact) mass is 248 g/mol. The summed E-state index contributed by atoms with van der Waals surface area (Å²) in [6, 6.07) is 9.43. The fourth-order valence-corrected chi connectivity index (χ4v) is 2.54. The van der Waals surface area contributed by atoms with Crippen LogP contribution in [0.4, 0.5) is 0 Å². The first-order valence-corrected chi connectivity index (χ1v) is 5.83. The first-order chi connectivity index (χ1) is 8.47. The Morgan fingerprint density at radius 1 is 1.28 bits per heavy atom. The summed E-state index contributed by atoms with van der Waals surface area (Å²) in [5.41, 5.74) is 0.195. The molecule has 4 nitrogen and oxygen atoms in total. The number of methoxy groups -OCH3 is 1. The lowest BCUT2D eigenvalue weighted by molar-refractivity contribution is -0.156.